The molecule has 2 heterocycles. The van der Waals surface area contributed by atoms with Gasteiger partial charge in [0.1, 0.15) is 0 Å². The number of carbonyl (C=O) groups excluding carboxylic acids is 1. The Labute approximate surface area is 120 Å². The lowest BCUT2D eigenvalue weighted by molar-refractivity contribution is -0.140. The molecule has 0 spiro atoms. The molecule has 1 saturated heterocycles. The lowest BCUT2D eigenvalue weighted by atomic mass is 10.1. The number of amides is 1. The number of hydrogen-bond acceptors (Lipinski definition) is 5. The second-order valence-electron chi connectivity index (χ2n) is 4.76. The van der Waals surface area contributed by atoms with Crippen LogP contribution < -0.4 is 0 Å². The van der Waals surface area contributed by atoms with E-state index in [1.54, 1.807) is 0 Å². The third-order valence-corrected chi connectivity index (χ3v) is 5.63. The average molecular weight is 317 g/mol. The van der Waals surface area contributed by atoms with Gasteiger partial charge in [-0.2, -0.15) is 11.3 Å². The Bertz CT molecular complexity index is 593. The Morgan fingerprint density at radius 3 is 2.80 bits per heavy atom. The maximum Gasteiger partial charge on any atom is 0.305 e. The molecule has 1 aliphatic heterocycles. The molecule has 8 heteroatoms. The van der Waals surface area contributed by atoms with E-state index in [9.17, 15) is 18.0 Å². The Morgan fingerprint density at radius 1 is 1.45 bits per heavy atom. The summed E-state index contributed by atoms with van der Waals surface area (Å²) in [5.74, 6) is -1.68. The Morgan fingerprint density at radius 2 is 2.20 bits per heavy atom. The zero-order chi connectivity index (χ0) is 14.8. The van der Waals surface area contributed by atoms with E-state index in [-0.39, 0.29) is 36.8 Å². The Kier molecular flexibility index (Phi) is 4.44. The molecule has 1 aliphatic rings. The van der Waals surface area contributed by atoms with Crippen LogP contribution in [0.15, 0.2) is 16.8 Å². The first kappa shape index (κ1) is 15.0. The molecule has 0 radical (unpaired) electrons. The van der Waals surface area contributed by atoms with Crippen molar-refractivity contribution < 1.29 is 23.1 Å². The van der Waals surface area contributed by atoms with Crippen molar-refractivity contribution in [2.45, 2.75) is 18.9 Å². The lowest BCUT2D eigenvalue weighted by Gasteiger charge is -2.34. The number of thiophene rings is 1. The molecule has 1 fully saturated rings. The molecule has 1 amide bonds. The van der Waals surface area contributed by atoms with Crippen LogP contribution in [0.25, 0.3) is 0 Å². The summed E-state index contributed by atoms with van der Waals surface area (Å²) >= 11 is 1.48. The van der Waals surface area contributed by atoms with Gasteiger partial charge in [-0.1, -0.05) is 0 Å². The van der Waals surface area contributed by atoms with Crippen LogP contribution in [0, 0.1) is 0 Å². The van der Waals surface area contributed by atoms with Gasteiger partial charge in [0.25, 0.3) is 0 Å². The highest BCUT2D eigenvalue weighted by Gasteiger charge is 2.35. The molecule has 0 aliphatic carbocycles. The van der Waals surface area contributed by atoms with E-state index in [0.29, 0.717) is 0 Å². The summed E-state index contributed by atoms with van der Waals surface area (Å²) in [6, 6.07) is 1.06. The van der Waals surface area contributed by atoms with E-state index >= 15 is 0 Å². The molecular formula is C12H15NO5S2. The average Bonchev–Trinajstić information content (AvgIpc) is 2.79. The van der Waals surface area contributed by atoms with Crippen LogP contribution in [0.2, 0.25) is 0 Å². The van der Waals surface area contributed by atoms with Crippen molar-refractivity contribution in [3.63, 3.8) is 0 Å². The number of carboxylic acid groups (broad SMARTS) is 1. The van der Waals surface area contributed by atoms with Gasteiger partial charge in [-0.15, -0.1) is 0 Å². The smallest absolute Gasteiger partial charge is 0.305 e. The van der Waals surface area contributed by atoms with Gasteiger partial charge in [0.05, 0.1) is 30.4 Å². The third kappa shape index (κ3) is 3.80. The highest BCUT2D eigenvalue weighted by atomic mass is 32.2. The monoisotopic (exact) mass is 317 g/mol. The molecule has 1 atom stereocenters. The molecule has 110 valence electrons. The quantitative estimate of drug-likeness (QED) is 0.867. The van der Waals surface area contributed by atoms with Crippen LogP contribution in [0.3, 0.4) is 0 Å². The van der Waals surface area contributed by atoms with Gasteiger partial charge < -0.3 is 10.0 Å². The summed E-state index contributed by atoms with van der Waals surface area (Å²) in [7, 11) is -3.26. The maximum atomic E-state index is 12.2. The molecule has 2 rings (SSSR count). The van der Waals surface area contributed by atoms with Gasteiger partial charge in [0.2, 0.25) is 5.91 Å². The van der Waals surface area contributed by atoms with Gasteiger partial charge >= 0.3 is 5.97 Å². The fourth-order valence-electron chi connectivity index (χ4n) is 2.25. The van der Waals surface area contributed by atoms with Crippen LogP contribution in [0.4, 0.5) is 0 Å². The van der Waals surface area contributed by atoms with Crippen LogP contribution in [0.5, 0.6) is 0 Å². The van der Waals surface area contributed by atoms with E-state index < -0.39 is 21.8 Å². The molecule has 1 aromatic rings. The van der Waals surface area contributed by atoms with Gasteiger partial charge in [0, 0.05) is 6.54 Å². The molecule has 0 saturated carbocycles. The minimum atomic E-state index is -3.26. The second kappa shape index (κ2) is 5.92. The first-order valence-electron chi connectivity index (χ1n) is 6.10. The number of aliphatic carboxylic acids is 1. The molecule has 0 aromatic carbocycles. The molecule has 0 bridgehead atoms. The summed E-state index contributed by atoms with van der Waals surface area (Å²) < 4.78 is 23.2. The predicted molar refractivity (Wildman–Crippen MR) is 74.4 cm³/mol. The van der Waals surface area contributed by atoms with Crippen LogP contribution >= 0.6 is 11.3 Å². The van der Waals surface area contributed by atoms with Crippen molar-refractivity contribution in [2.24, 2.45) is 0 Å². The number of carbonyl (C=O) groups is 2. The zero-order valence-electron chi connectivity index (χ0n) is 10.7. The van der Waals surface area contributed by atoms with Gasteiger partial charge in [0.15, 0.2) is 9.84 Å². The fraction of sp³-hybridized carbons (Fsp3) is 0.500. The predicted octanol–water partition coefficient (Wildman–Crippen LogP) is 0.391. The number of rotatable bonds is 4. The van der Waals surface area contributed by atoms with Crippen LogP contribution in [-0.4, -0.2) is 54.4 Å². The van der Waals surface area contributed by atoms with Crippen molar-refractivity contribution in [3.05, 3.63) is 22.4 Å². The fourth-order valence-corrected chi connectivity index (χ4v) is 4.45. The zero-order valence-corrected chi connectivity index (χ0v) is 12.3. The van der Waals surface area contributed by atoms with E-state index in [1.165, 1.54) is 16.2 Å². The number of nitrogens with zero attached hydrogens (tertiary/aromatic N) is 1. The molecule has 1 aromatic heterocycles. The third-order valence-electron chi connectivity index (χ3n) is 3.20. The maximum absolute atomic E-state index is 12.2. The van der Waals surface area contributed by atoms with Crippen molar-refractivity contribution in [1.29, 1.82) is 0 Å². The number of hydrogen-bond donors (Lipinski definition) is 1. The molecule has 20 heavy (non-hydrogen) atoms. The highest BCUT2D eigenvalue weighted by molar-refractivity contribution is 7.91. The van der Waals surface area contributed by atoms with Gasteiger partial charge in [-0.05, 0) is 22.4 Å². The molecule has 6 nitrogen and oxygen atoms in total. The van der Waals surface area contributed by atoms with E-state index in [0.717, 1.165) is 5.56 Å². The highest BCUT2D eigenvalue weighted by Crippen LogP contribution is 2.17. The van der Waals surface area contributed by atoms with E-state index in [2.05, 4.69) is 0 Å². The number of sulfone groups is 1. The standard InChI is InChI=1S/C12H15NO5S2/c14-11(5-9-1-3-19-7-9)13-2-4-20(17,18)8-10(13)6-12(15)16/h1,3,7,10H,2,4-6,8H2,(H,15,16). The SMILES string of the molecule is O=C(O)CC1CS(=O)(=O)CCN1C(=O)Cc1ccsc1. The summed E-state index contributed by atoms with van der Waals surface area (Å²) in [6.07, 6.45) is -0.158. The van der Waals surface area contributed by atoms with Crippen molar-refractivity contribution >= 4 is 33.1 Å². The molecule has 1 unspecified atom stereocenters. The van der Waals surface area contributed by atoms with Crippen molar-refractivity contribution in [2.75, 3.05) is 18.1 Å². The van der Waals surface area contributed by atoms with Crippen molar-refractivity contribution in [3.8, 4) is 0 Å². The van der Waals surface area contributed by atoms with Crippen LogP contribution in [0.1, 0.15) is 12.0 Å². The Hall–Kier alpha value is -1.41. The summed E-state index contributed by atoms with van der Waals surface area (Å²) in [5.41, 5.74) is 0.863. The second-order valence-corrected chi connectivity index (χ2v) is 7.77. The number of carboxylic acids is 1. The van der Waals surface area contributed by atoms with Gasteiger partial charge in [-0.3, -0.25) is 9.59 Å². The van der Waals surface area contributed by atoms with E-state index in [4.69, 9.17) is 5.11 Å². The topological polar surface area (TPSA) is 91.8 Å². The lowest BCUT2D eigenvalue weighted by Crippen LogP contribution is -2.52. The Balaban J connectivity index is 2.11. The minimum absolute atomic E-state index is 0.0727. The summed E-state index contributed by atoms with van der Waals surface area (Å²) in [5, 5.41) is 12.6. The summed E-state index contributed by atoms with van der Waals surface area (Å²) in [4.78, 5) is 24.4. The van der Waals surface area contributed by atoms with E-state index in [1.807, 2.05) is 16.8 Å². The van der Waals surface area contributed by atoms with Gasteiger partial charge in [-0.25, -0.2) is 8.42 Å². The summed E-state index contributed by atoms with van der Waals surface area (Å²) in [6.45, 7) is 0.0727. The first-order chi connectivity index (χ1) is 9.37. The van der Waals surface area contributed by atoms with Crippen LogP contribution in [-0.2, 0) is 25.8 Å². The van der Waals surface area contributed by atoms with Crippen molar-refractivity contribution in [1.82, 2.24) is 4.90 Å². The molecular weight excluding hydrogens is 302 g/mol. The largest absolute Gasteiger partial charge is 0.481 e. The first-order valence-corrected chi connectivity index (χ1v) is 8.86. The minimum Gasteiger partial charge on any atom is -0.481 e. The normalized spacial score (nSPS) is 21.6. The molecule has 1 N–H and O–H groups in total.